The molecule has 0 bridgehead atoms. The van der Waals surface area contributed by atoms with Crippen molar-refractivity contribution in [2.75, 3.05) is 45.3 Å². The van der Waals surface area contributed by atoms with E-state index in [-0.39, 0.29) is 18.0 Å². The van der Waals surface area contributed by atoms with Crippen LogP contribution in [0.15, 0.2) is 42.5 Å². The average Bonchev–Trinajstić information content (AvgIpc) is 3.28. The average molecular weight is 411 g/mol. The summed E-state index contributed by atoms with van der Waals surface area (Å²) in [5.41, 5.74) is 9.96. The molecule has 2 aliphatic heterocycles. The van der Waals surface area contributed by atoms with Crippen LogP contribution in [0.2, 0.25) is 0 Å². The lowest BCUT2D eigenvalue weighted by Crippen LogP contribution is -2.53. The Morgan fingerprint density at radius 2 is 1.80 bits per heavy atom. The molecule has 1 amide bonds. The molecule has 0 spiro atoms. The van der Waals surface area contributed by atoms with E-state index in [0.717, 1.165) is 43.2 Å². The van der Waals surface area contributed by atoms with Gasteiger partial charge in [0.05, 0.1) is 20.3 Å². The lowest BCUT2D eigenvalue weighted by atomic mass is 10.00. The predicted octanol–water partition coefficient (Wildman–Crippen LogP) is 2.27. The van der Waals surface area contributed by atoms with Crippen molar-refractivity contribution in [2.45, 2.75) is 25.4 Å². The molecule has 0 radical (unpaired) electrons. The maximum absolute atomic E-state index is 13.1. The minimum absolute atomic E-state index is 0.00777. The fraction of sp³-hybridized carbons (Fsp3) is 0.435. The first-order valence-corrected chi connectivity index (χ1v) is 10.4. The predicted molar refractivity (Wildman–Crippen MR) is 117 cm³/mol. The Morgan fingerprint density at radius 3 is 2.50 bits per heavy atom. The number of amides is 1. The molecule has 160 valence electrons. The molecule has 2 saturated heterocycles. The van der Waals surface area contributed by atoms with Crippen LogP contribution in [-0.4, -0.2) is 57.2 Å². The number of nitrogens with zero attached hydrogens (tertiary/aromatic N) is 2. The Hall–Kier alpha value is -2.77. The maximum Gasteiger partial charge on any atom is 0.241 e. The highest BCUT2D eigenvalue weighted by Crippen LogP contribution is 2.33. The van der Waals surface area contributed by atoms with Gasteiger partial charge in [-0.2, -0.15) is 0 Å². The quantitative estimate of drug-likeness (QED) is 0.788. The van der Waals surface area contributed by atoms with Crippen LogP contribution in [0.1, 0.15) is 23.6 Å². The molecule has 2 fully saturated rings. The fourth-order valence-corrected chi connectivity index (χ4v) is 4.26. The highest BCUT2D eigenvalue weighted by molar-refractivity contribution is 5.82. The lowest BCUT2D eigenvalue weighted by Gasteiger charge is -2.37. The van der Waals surface area contributed by atoms with Gasteiger partial charge in [-0.05, 0) is 37.1 Å². The van der Waals surface area contributed by atoms with E-state index in [1.807, 2.05) is 23.1 Å². The SMILES string of the molecule is COc1ccc(C2CC(C(=O)N3CCN(c4cccc(C)c4)CC3)NN2)c(OC)c1. The number of hydrogen-bond acceptors (Lipinski definition) is 6. The largest absolute Gasteiger partial charge is 0.497 e. The van der Waals surface area contributed by atoms with Crippen LogP contribution in [0, 0.1) is 6.92 Å². The van der Waals surface area contributed by atoms with Gasteiger partial charge in [-0.1, -0.05) is 18.2 Å². The molecule has 2 aromatic carbocycles. The van der Waals surface area contributed by atoms with Gasteiger partial charge < -0.3 is 19.3 Å². The second-order valence-electron chi connectivity index (χ2n) is 7.89. The zero-order valence-electron chi connectivity index (χ0n) is 17.9. The molecule has 0 aliphatic carbocycles. The second kappa shape index (κ2) is 8.93. The number of carbonyl (C=O) groups excluding carboxylic acids is 1. The van der Waals surface area contributed by atoms with Crippen LogP contribution in [-0.2, 0) is 4.79 Å². The molecular weight excluding hydrogens is 380 g/mol. The Kier molecular flexibility index (Phi) is 6.11. The van der Waals surface area contributed by atoms with Gasteiger partial charge in [0.25, 0.3) is 0 Å². The van der Waals surface area contributed by atoms with Crippen LogP contribution in [0.3, 0.4) is 0 Å². The summed E-state index contributed by atoms with van der Waals surface area (Å²) in [4.78, 5) is 17.4. The Morgan fingerprint density at radius 1 is 1.00 bits per heavy atom. The fourth-order valence-electron chi connectivity index (χ4n) is 4.26. The van der Waals surface area contributed by atoms with Crippen molar-refractivity contribution in [2.24, 2.45) is 0 Å². The van der Waals surface area contributed by atoms with Gasteiger partial charge in [0.15, 0.2) is 0 Å². The van der Waals surface area contributed by atoms with Crippen LogP contribution in [0.25, 0.3) is 0 Å². The number of aryl methyl sites for hydroxylation is 1. The molecule has 2 N–H and O–H groups in total. The number of carbonyl (C=O) groups is 1. The maximum atomic E-state index is 13.1. The van der Waals surface area contributed by atoms with Crippen LogP contribution in [0.4, 0.5) is 5.69 Å². The third kappa shape index (κ3) is 4.22. The van der Waals surface area contributed by atoms with Gasteiger partial charge in [0, 0.05) is 43.5 Å². The molecule has 30 heavy (non-hydrogen) atoms. The molecule has 2 aromatic rings. The summed E-state index contributed by atoms with van der Waals surface area (Å²) in [6.45, 7) is 5.29. The smallest absolute Gasteiger partial charge is 0.241 e. The highest BCUT2D eigenvalue weighted by atomic mass is 16.5. The number of benzene rings is 2. The van der Waals surface area contributed by atoms with Crippen LogP contribution < -0.4 is 25.2 Å². The summed E-state index contributed by atoms with van der Waals surface area (Å²) in [5, 5.41) is 0. The first-order valence-electron chi connectivity index (χ1n) is 10.4. The van der Waals surface area contributed by atoms with Crippen molar-refractivity contribution in [3.63, 3.8) is 0 Å². The van der Waals surface area contributed by atoms with Crippen molar-refractivity contribution in [3.05, 3.63) is 53.6 Å². The van der Waals surface area contributed by atoms with E-state index in [1.165, 1.54) is 11.3 Å². The number of anilines is 1. The molecule has 7 nitrogen and oxygen atoms in total. The third-order valence-corrected chi connectivity index (χ3v) is 5.98. The lowest BCUT2D eigenvalue weighted by molar-refractivity contribution is -0.133. The van der Waals surface area contributed by atoms with Crippen molar-refractivity contribution in [3.8, 4) is 11.5 Å². The van der Waals surface area contributed by atoms with Gasteiger partial charge in [-0.15, -0.1) is 0 Å². The van der Waals surface area contributed by atoms with Crippen molar-refractivity contribution in [1.29, 1.82) is 0 Å². The Bertz CT molecular complexity index is 896. The van der Waals surface area contributed by atoms with Crippen LogP contribution in [0.5, 0.6) is 11.5 Å². The number of rotatable bonds is 5. The van der Waals surface area contributed by atoms with E-state index < -0.39 is 0 Å². The normalized spacial score (nSPS) is 21.6. The topological polar surface area (TPSA) is 66.1 Å². The van der Waals surface area contributed by atoms with Crippen molar-refractivity contribution < 1.29 is 14.3 Å². The molecule has 0 saturated carbocycles. The zero-order chi connectivity index (χ0) is 21.1. The van der Waals surface area contributed by atoms with Crippen molar-refractivity contribution in [1.82, 2.24) is 15.8 Å². The van der Waals surface area contributed by atoms with Gasteiger partial charge in [-0.25, -0.2) is 10.9 Å². The number of piperazine rings is 1. The number of ether oxygens (including phenoxy) is 2. The Labute approximate surface area is 177 Å². The van der Waals surface area contributed by atoms with E-state index in [4.69, 9.17) is 9.47 Å². The third-order valence-electron chi connectivity index (χ3n) is 5.98. The zero-order valence-corrected chi connectivity index (χ0v) is 17.9. The summed E-state index contributed by atoms with van der Waals surface area (Å²) in [7, 11) is 3.29. The first-order chi connectivity index (χ1) is 14.6. The molecule has 2 atom stereocenters. The minimum Gasteiger partial charge on any atom is -0.497 e. The van der Waals surface area contributed by atoms with E-state index in [1.54, 1.807) is 14.2 Å². The molecule has 4 rings (SSSR count). The summed E-state index contributed by atoms with van der Waals surface area (Å²) >= 11 is 0. The van der Waals surface area contributed by atoms with Gasteiger partial charge in [-0.3, -0.25) is 4.79 Å². The number of methoxy groups -OCH3 is 2. The van der Waals surface area contributed by atoms with E-state index in [9.17, 15) is 4.79 Å². The second-order valence-corrected chi connectivity index (χ2v) is 7.89. The molecular formula is C23H30N4O3. The number of hydrogen-bond donors (Lipinski definition) is 2. The molecule has 7 heteroatoms. The molecule has 2 heterocycles. The monoisotopic (exact) mass is 410 g/mol. The van der Waals surface area contributed by atoms with Crippen molar-refractivity contribution >= 4 is 11.6 Å². The summed E-state index contributed by atoms with van der Waals surface area (Å²) < 4.78 is 10.8. The molecule has 2 unspecified atom stereocenters. The summed E-state index contributed by atoms with van der Waals surface area (Å²) in [6.07, 6.45) is 0.680. The standard InChI is InChI=1S/C23H30N4O3/c1-16-5-4-6-17(13-16)26-9-11-27(12-10-26)23(28)21-15-20(24-25-21)19-8-7-18(29-2)14-22(19)30-3/h4-8,13-14,20-21,24-25H,9-12,15H2,1-3H3. The summed E-state index contributed by atoms with van der Waals surface area (Å²) in [5.74, 6) is 1.66. The van der Waals surface area contributed by atoms with Crippen LogP contribution >= 0.6 is 0 Å². The first kappa shape index (κ1) is 20.5. The Balaban J connectivity index is 1.35. The summed E-state index contributed by atoms with van der Waals surface area (Å²) in [6, 6.07) is 14.1. The molecule has 0 aromatic heterocycles. The van der Waals surface area contributed by atoms with E-state index >= 15 is 0 Å². The van der Waals surface area contributed by atoms with E-state index in [2.05, 4.69) is 46.9 Å². The highest BCUT2D eigenvalue weighted by Gasteiger charge is 2.35. The van der Waals surface area contributed by atoms with Gasteiger partial charge >= 0.3 is 0 Å². The van der Waals surface area contributed by atoms with Gasteiger partial charge in [0.2, 0.25) is 5.91 Å². The van der Waals surface area contributed by atoms with E-state index in [0.29, 0.717) is 6.42 Å². The minimum atomic E-state index is -0.243. The van der Waals surface area contributed by atoms with Gasteiger partial charge in [0.1, 0.15) is 17.5 Å². The molecule has 2 aliphatic rings. The number of hydrazine groups is 1. The number of nitrogens with one attached hydrogen (secondary N) is 2.